The largest absolute Gasteiger partial charge is 0.343 e. The maximum atomic E-state index is 11.5. The van der Waals surface area contributed by atoms with Gasteiger partial charge in [-0.3, -0.25) is 9.69 Å². The van der Waals surface area contributed by atoms with Crippen LogP contribution in [0, 0.1) is 0 Å². The van der Waals surface area contributed by atoms with Crippen LogP contribution in [0.15, 0.2) is 0 Å². The highest BCUT2D eigenvalue weighted by molar-refractivity contribution is 5.78. The second-order valence-corrected chi connectivity index (χ2v) is 4.51. The zero-order chi connectivity index (χ0) is 10.1. The number of nitrogens with zero attached hydrogens (tertiary/aromatic N) is 2. The van der Waals surface area contributed by atoms with Crippen LogP contribution >= 0.6 is 0 Å². The number of likely N-dealkylation sites (N-methyl/N-ethyl adjacent to an activating group) is 1. The third kappa shape index (κ3) is 1.91. The number of hydrogen-bond donors (Lipinski definition) is 1. The lowest BCUT2D eigenvalue weighted by Gasteiger charge is -2.35. The Hall–Kier alpha value is -0.610. The Morgan fingerprint density at radius 1 is 1.36 bits per heavy atom. The van der Waals surface area contributed by atoms with Crippen LogP contribution in [-0.4, -0.2) is 54.5 Å². The number of carbonyl (C=O) groups excluding carboxylic acids is 1. The fourth-order valence-electron chi connectivity index (χ4n) is 2.41. The molecule has 2 N–H and O–H groups in total. The van der Waals surface area contributed by atoms with Crippen molar-refractivity contribution in [2.75, 3.05) is 26.7 Å². The first-order valence-corrected chi connectivity index (χ1v) is 5.40. The zero-order valence-electron chi connectivity index (χ0n) is 8.78. The molecule has 1 heterocycles. The summed E-state index contributed by atoms with van der Waals surface area (Å²) >= 11 is 0. The molecular weight excluding hydrogens is 178 g/mol. The molecule has 0 aromatic heterocycles. The van der Waals surface area contributed by atoms with Gasteiger partial charge in [-0.1, -0.05) is 0 Å². The highest BCUT2D eigenvalue weighted by Gasteiger charge is 2.31. The summed E-state index contributed by atoms with van der Waals surface area (Å²) in [5.41, 5.74) is 5.87. The Labute approximate surface area is 85.0 Å². The summed E-state index contributed by atoms with van der Waals surface area (Å²) in [5.74, 6) is 0.247. The Bertz CT molecular complexity index is 231. The van der Waals surface area contributed by atoms with Gasteiger partial charge in [-0.05, 0) is 19.3 Å². The van der Waals surface area contributed by atoms with Crippen molar-refractivity contribution in [3.05, 3.63) is 0 Å². The van der Waals surface area contributed by atoms with Gasteiger partial charge in [0.05, 0.1) is 6.54 Å². The first-order valence-electron chi connectivity index (χ1n) is 5.40. The van der Waals surface area contributed by atoms with E-state index in [-0.39, 0.29) is 5.91 Å². The quantitative estimate of drug-likeness (QED) is 0.624. The molecular formula is C10H19N3O. The van der Waals surface area contributed by atoms with Crippen molar-refractivity contribution in [3.8, 4) is 0 Å². The SMILES string of the molecule is CN1CCN(C2CCC(N)C2)CC1=O. The van der Waals surface area contributed by atoms with Crippen LogP contribution in [0.1, 0.15) is 19.3 Å². The molecule has 0 radical (unpaired) electrons. The van der Waals surface area contributed by atoms with Crippen LogP contribution < -0.4 is 5.73 Å². The maximum Gasteiger partial charge on any atom is 0.236 e. The summed E-state index contributed by atoms with van der Waals surface area (Å²) in [5, 5.41) is 0. The van der Waals surface area contributed by atoms with Crippen LogP contribution in [0.5, 0.6) is 0 Å². The molecule has 2 rings (SSSR count). The summed E-state index contributed by atoms with van der Waals surface area (Å²) in [7, 11) is 1.88. The Balaban J connectivity index is 1.90. The monoisotopic (exact) mass is 197 g/mol. The van der Waals surface area contributed by atoms with E-state index in [0.29, 0.717) is 18.6 Å². The average molecular weight is 197 g/mol. The summed E-state index contributed by atoms with van der Waals surface area (Å²) in [6.07, 6.45) is 3.35. The maximum absolute atomic E-state index is 11.5. The molecule has 2 fully saturated rings. The lowest BCUT2D eigenvalue weighted by molar-refractivity contribution is -0.135. The van der Waals surface area contributed by atoms with Crippen molar-refractivity contribution in [2.24, 2.45) is 5.73 Å². The number of hydrogen-bond acceptors (Lipinski definition) is 3. The van der Waals surface area contributed by atoms with Crippen molar-refractivity contribution >= 4 is 5.91 Å². The predicted octanol–water partition coefficient (Wildman–Crippen LogP) is -0.360. The number of rotatable bonds is 1. The molecule has 2 atom stereocenters. The highest BCUT2D eigenvalue weighted by atomic mass is 16.2. The number of nitrogens with two attached hydrogens (primary N) is 1. The standard InChI is InChI=1S/C10H19N3O/c1-12-4-5-13(7-10(12)14)9-3-2-8(11)6-9/h8-9H,2-7,11H2,1H3. The van der Waals surface area contributed by atoms with Crippen molar-refractivity contribution < 1.29 is 4.79 Å². The van der Waals surface area contributed by atoms with Crippen molar-refractivity contribution in [1.29, 1.82) is 0 Å². The van der Waals surface area contributed by atoms with E-state index >= 15 is 0 Å². The van der Waals surface area contributed by atoms with E-state index in [9.17, 15) is 4.79 Å². The van der Waals surface area contributed by atoms with Crippen LogP contribution in [-0.2, 0) is 4.79 Å². The van der Waals surface area contributed by atoms with Gasteiger partial charge in [-0.25, -0.2) is 0 Å². The van der Waals surface area contributed by atoms with E-state index in [1.165, 1.54) is 0 Å². The summed E-state index contributed by atoms with van der Waals surface area (Å²) in [6, 6.07) is 0.914. The molecule has 80 valence electrons. The van der Waals surface area contributed by atoms with Crippen LogP contribution in [0.3, 0.4) is 0 Å². The fourth-order valence-corrected chi connectivity index (χ4v) is 2.41. The topological polar surface area (TPSA) is 49.6 Å². The van der Waals surface area contributed by atoms with E-state index < -0.39 is 0 Å². The minimum absolute atomic E-state index is 0.247. The molecule has 1 aliphatic carbocycles. The Morgan fingerprint density at radius 2 is 2.14 bits per heavy atom. The Kier molecular flexibility index (Phi) is 2.74. The number of piperazine rings is 1. The lowest BCUT2D eigenvalue weighted by atomic mass is 10.1. The molecule has 1 saturated carbocycles. The molecule has 0 bridgehead atoms. The van der Waals surface area contributed by atoms with Gasteiger partial charge in [0, 0.05) is 32.2 Å². The van der Waals surface area contributed by atoms with Crippen LogP contribution in [0.25, 0.3) is 0 Å². The minimum Gasteiger partial charge on any atom is -0.343 e. The minimum atomic E-state index is 0.247. The van der Waals surface area contributed by atoms with E-state index in [1.807, 2.05) is 11.9 Å². The fraction of sp³-hybridized carbons (Fsp3) is 0.900. The van der Waals surface area contributed by atoms with Gasteiger partial charge < -0.3 is 10.6 Å². The molecule has 1 amide bonds. The first-order chi connectivity index (χ1) is 6.66. The van der Waals surface area contributed by atoms with Crippen molar-refractivity contribution in [2.45, 2.75) is 31.3 Å². The van der Waals surface area contributed by atoms with Gasteiger partial charge in [0.15, 0.2) is 0 Å². The van der Waals surface area contributed by atoms with Gasteiger partial charge in [-0.2, -0.15) is 0 Å². The lowest BCUT2D eigenvalue weighted by Crippen LogP contribution is -2.51. The Morgan fingerprint density at radius 3 is 2.71 bits per heavy atom. The molecule has 14 heavy (non-hydrogen) atoms. The molecule has 4 heteroatoms. The van der Waals surface area contributed by atoms with Crippen LogP contribution in [0.4, 0.5) is 0 Å². The molecule has 0 aromatic rings. The van der Waals surface area contributed by atoms with E-state index in [2.05, 4.69) is 4.90 Å². The average Bonchev–Trinajstić information content (AvgIpc) is 2.57. The smallest absolute Gasteiger partial charge is 0.236 e. The third-order valence-electron chi connectivity index (χ3n) is 3.45. The molecule has 0 spiro atoms. The highest BCUT2D eigenvalue weighted by Crippen LogP contribution is 2.23. The van der Waals surface area contributed by atoms with Gasteiger partial charge in [0.2, 0.25) is 5.91 Å². The summed E-state index contributed by atoms with van der Waals surface area (Å²) in [6.45, 7) is 2.47. The molecule has 1 saturated heterocycles. The van der Waals surface area contributed by atoms with Gasteiger partial charge in [0.1, 0.15) is 0 Å². The normalized spacial score (nSPS) is 35.3. The first kappa shape index (κ1) is 9.93. The number of carbonyl (C=O) groups is 1. The number of amides is 1. The van der Waals surface area contributed by atoms with Gasteiger partial charge >= 0.3 is 0 Å². The van der Waals surface area contributed by atoms with Gasteiger partial charge in [0.25, 0.3) is 0 Å². The molecule has 2 aliphatic rings. The van der Waals surface area contributed by atoms with E-state index in [4.69, 9.17) is 5.73 Å². The van der Waals surface area contributed by atoms with E-state index in [1.54, 1.807) is 0 Å². The molecule has 2 unspecified atom stereocenters. The second-order valence-electron chi connectivity index (χ2n) is 4.51. The van der Waals surface area contributed by atoms with Crippen molar-refractivity contribution in [1.82, 2.24) is 9.80 Å². The summed E-state index contributed by atoms with van der Waals surface area (Å²) < 4.78 is 0. The summed E-state index contributed by atoms with van der Waals surface area (Å²) in [4.78, 5) is 15.6. The van der Waals surface area contributed by atoms with E-state index in [0.717, 1.165) is 32.4 Å². The molecule has 4 nitrogen and oxygen atoms in total. The van der Waals surface area contributed by atoms with Crippen LogP contribution in [0.2, 0.25) is 0 Å². The van der Waals surface area contributed by atoms with Crippen molar-refractivity contribution in [3.63, 3.8) is 0 Å². The molecule has 1 aliphatic heterocycles. The molecule has 0 aromatic carbocycles. The van der Waals surface area contributed by atoms with Gasteiger partial charge in [-0.15, -0.1) is 0 Å². The predicted molar refractivity (Wildman–Crippen MR) is 54.8 cm³/mol. The zero-order valence-corrected chi connectivity index (χ0v) is 8.78. The second kappa shape index (κ2) is 3.87. The third-order valence-corrected chi connectivity index (χ3v) is 3.45.